The molecular formula is C10H7AlF6O. The van der Waals surface area contributed by atoms with Crippen LogP contribution in [0.4, 0.5) is 26.3 Å². The maximum absolute atomic E-state index is 12.6. The summed E-state index contributed by atoms with van der Waals surface area (Å²) in [4.78, 5) is 0. The first kappa shape index (κ1) is 15.4. The van der Waals surface area contributed by atoms with Gasteiger partial charge >= 0.3 is 12.4 Å². The van der Waals surface area contributed by atoms with E-state index >= 15 is 0 Å². The second-order valence-electron chi connectivity index (χ2n) is 3.80. The third kappa shape index (κ3) is 2.37. The number of hydrogen-bond donors (Lipinski definition) is 1. The minimum atomic E-state index is -5.86. The van der Waals surface area contributed by atoms with Crippen molar-refractivity contribution >= 4 is 20.7 Å². The number of aryl methyl sites for hydroxylation is 1. The highest BCUT2D eigenvalue weighted by Crippen LogP contribution is 2.49. The van der Waals surface area contributed by atoms with E-state index in [-0.39, 0.29) is 9.99 Å². The second-order valence-corrected chi connectivity index (χ2v) is 4.42. The lowest BCUT2D eigenvalue weighted by Crippen LogP contribution is -2.56. The Morgan fingerprint density at radius 2 is 1.44 bits per heavy atom. The topological polar surface area (TPSA) is 20.2 Å². The molecule has 2 radical (unpaired) electrons. The molecule has 1 aromatic carbocycles. The predicted octanol–water partition coefficient (Wildman–Crippen LogP) is 2.10. The lowest BCUT2D eigenvalue weighted by molar-refractivity contribution is -0.375. The molecule has 0 saturated carbocycles. The molecule has 0 saturated heterocycles. The Morgan fingerprint density at radius 3 is 1.83 bits per heavy atom. The Bertz CT molecular complexity index is 437. The summed E-state index contributed by atoms with van der Waals surface area (Å²) in [5.41, 5.74) is -5.92. The first-order valence-electron chi connectivity index (χ1n) is 4.63. The van der Waals surface area contributed by atoms with Gasteiger partial charge in [-0.15, -0.1) is 4.43 Å². The van der Waals surface area contributed by atoms with E-state index in [9.17, 15) is 31.4 Å². The van der Waals surface area contributed by atoms with E-state index in [0.717, 1.165) is 6.07 Å². The van der Waals surface area contributed by atoms with Crippen molar-refractivity contribution < 1.29 is 31.4 Å². The van der Waals surface area contributed by atoms with Gasteiger partial charge < -0.3 is 5.11 Å². The van der Waals surface area contributed by atoms with Crippen molar-refractivity contribution in [3.63, 3.8) is 0 Å². The number of alkyl halides is 6. The molecule has 0 amide bonds. The molecule has 0 atom stereocenters. The van der Waals surface area contributed by atoms with Crippen LogP contribution < -0.4 is 4.43 Å². The Kier molecular flexibility index (Phi) is 3.79. The molecule has 0 aromatic heterocycles. The van der Waals surface area contributed by atoms with Crippen LogP contribution in [0, 0.1) is 6.92 Å². The van der Waals surface area contributed by atoms with Gasteiger partial charge in [0.05, 0.1) is 0 Å². The highest BCUT2D eigenvalue weighted by molar-refractivity contribution is 6.33. The van der Waals surface area contributed by atoms with Gasteiger partial charge in [-0.3, -0.25) is 0 Å². The molecule has 0 bridgehead atoms. The van der Waals surface area contributed by atoms with Gasteiger partial charge in [0.2, 0.25) is 0 Å². The van der Waals surface area contributed by atoms with E-state index in [1.54, 1.807) is 16.3 Å². The molecule has 18 heavy (non-hydrogen) atoms. The summed E-state index contributed by atoms with van der Waals surface area (Å²) in [6.45, 7) is 1.33. The zero-order valence-electron chi connectivity index (χ0n) is 9.02. The van der Waals surface area contributed by atoms with Crippen molar-refractivity contribution in [2.45, 2.75) is 24.9 Å². The van der Waals surface area contributed by atoms with Gasteiger partial charge in [0.1, 0.15) is 0 Å². The number of halogens is 6. The highest BCUT2D eigenvalue weighted by Gasteiger charge is 2.71. The van der Waals surface area contributed by atoms with Crippen LogP contribution in [0.2, 0.25) is 0 Å². The lowest BCUT2D eigenvalue weighted by atomic mass is 9.91. The molecule has 0 aliphatic heterocycles. The SMILES string of the molecule is Cc1cc[c]([Al])c(C(O)(C(F)(F)F)C(F)(F)F)c1. The number of hydrogen-bond acceptors (Lipinski definition) is 1. The van der Waals surface area contributed by atoms with E-state index in [0.29, 0.717) is 6.07 Å². The quantitative estimate of drug-likeness (QED) is 0.618. The Hall–Kier alpha value is -0.708. The molecule has 0 spiro atoms. The van der Waals surface area contributed by atoms with Crippen molar-refractivity contribution in [3.8, 4) is 0 Å². The number of benzene rings is 1. The molecule has 1 aromatic rings. The smallest absolute Gasteiger partial charge is 0.370 e. The van der Waals surface area contributed by atoms with Crippen LogP contribution in [0.1, 0.15) is 11.1 Å². The fourth-order valence-electron chi connectivity index (χ4n) is 1.45. The van der Waals surface area contributed by atoms with Crippen molar-refractivity contribution in [2.24, 2.45) is 0 Å². The molecule has 0 heterocycles. The summed E-state index contributed by atoms with van der Waals surface area (Å²) in [6, 6.07) is 3.08. The summed E-state index contributed by atoms with van der Waals surface area (Å²) in [5, 5.41) is 9.20. The van der Waals surface area contributed by atoms with Crippen LogP contribution in [0.3, 0.4) is 0 Å². The van der Waals surface area contributed by atoms with Gasteiger partial charge in [-0.2, -0.15) is 26.3 Å². The minimum Gasteiger partial charge on any atom is -0.370 e. The molecule has 8 heteroatoms. The van der Waals surface area contributed by atoms with Gasteiger partial charge in [-0.25, -0.2) is 0 Å². The van der Waals surface area contributed by atoms with Gasteiger partial charge in [-0.1, -0.05) is 23.8 Å². The van der Waals surface area contributed by atoms with Crippen molar-refractivity contribution in [3.05, 3.63) is 29.3 Å². The van der Waals surface area contributed by atoms with E-state index in [1.807, 2.05) is 0 Å². The zero-order valence-corrected chi connectivity index (χ0v) is 10.2. The molecular weight excluding hydrogens is 277 g/mol. The van der Waals surface area contributed by atoms with Crippen LogP contribution >= 0.6 is 0 Å². The van der Waals surface area contributed by atoms with E-state index in [2.05, 4.69) is 0 Å². The molecule has 0 unspecified atom stereocenters. The van der Waals surface area contributed by atoms with Gasteiger partial charge in [0, 0.05) is 0 Å². The number of aliphatic hydroxyl groups is 1. The minimum absolute atomic E-state index is 0.183. The largest absolute Gasteiger partial charge is 0.430 e. The van der Waals surface area contributed by atoms with Crippen molar-refractivity contribution in [1.82, 2.24) is 0 Å². The Labute approximate surface area is 107 Å². The van der Waals surface area contributed by atoms with E-state index in [1.165, 1.54) is 13.0 Å². The monoisotopic (exact) mass is 284 g/mol. The molecule has 0 aliphatic rings. The zero-order chi connectivity index (χ0) is 14.4. The Morgan fingerprint density at radius 1 is 1.00 bits per heavy atom. The predicted molar refractivity (Wildman–Crippen MR) is 52.6 cm³/mol. The summed E-state index contributed by atoms with van der Waals surface area (Å²) in [7, 11) is 0. The molecule has 1 nitrogen and oxygen atoms in total. The van der Waals surface area contributed by atoms with Crippen LogP contribution in [-0.2, 0) is 5.60 Å². The van der Waals surface area contributed by atoms with Gasteiger partial charge in [-0.05, 0) is 12.5 Å². The molecule has 98 valence electrons. The third-order valence-electron chi connectivity index (χ3n) is 2.42. The molecule has 1 rings (SSSR count). The fourth-order valence-corrected chi connectivity index (χ4v) is 1.84. The molecule has 1 N–H and O–H groups in total. The average molecular weight is 284 g/mol. The normalized spacial score (nSPS) is 13.8. The standard InChI is InChI=1S/C10H7F6O.Al/c1-6-3-2-4-7(5-6)8(17,9(11,12)13)10(14,15)16;/h2-3,5,17H,1H3;. The van der Waals surface area contributed by atoms with Crippen LogP contribution in [0.5, 0.6) is 0 Å². The highest BCUT2D eigenvalue weighted by atomic mass is 27.0. The molecule has 0 fully saturated rings. The van der Waals surface area contributed by atoms with Crippen molar-refractivity contribution in [1.29, 1.82) is 0 Å². The third-order valence-corrected chi connectivity index (χ3v) is 2.92. The first-order valence-corrected chi connectivity index (χ1v) is 5.21. The number of rotatable bonds is 1. The lowest BCUT2D eigenvalue weighted by Gasteiger charge is -2.34. The van der Waals surface area contributed by atoms with E-state index < -0.39 is 23.5 Å². The van der Waals surface area contributed by atoms with E-state index in [4.69, 9.17) is 0 Å². The van der Waals surface area contributed by atoms with Gasteiger partial charge in [0.15, 0.2) is 16.3 Å². The summed E-state index contributed by atoms with van der Waals surface area (Å²) in [5.74, 6) is 0. The average Bonchev–Trinajstić information content (AvgIpc) is 2.17. The summed E-state index contributed by atoms with van der Waals surface area (Å²) < 4.78 is 75.3. The second kappa shape index (κ2) is 4.44. The maximum atomic E-state index is 12.6. The maximum Gasteiger partial charge on any atom is 0.430 e. The van der Waals surface area contributed by atoms with Crippen LogP contribution in [0.15, 0.2) is 18.2 Å². The van der Waals surface area contributed by atoms with Crippen LogP contribution in [-0.4, -0.2) is 33.7 Å². The summed E-state index contributed by atoms with van der Waals surface area (Å²) in [6.07, 6.45) is -11.7. The Balaban J connectivity index is 3.61. The first-order chi connectivity index (χ1) is 7.91. The summed E-state index contributed by atoms with van der Waals surface area (Å²) >= 11 is 1.75. The fraction of sp³-hybridized carbons (Fsp3) is 0.400. The van der Waals surface area contributed by atoms with Crippen LogP contribution in [0.25, 0.3) is 0 Å². The van der Waals surface area contributed by atoms with Gasteiger partial charge in [0.25, 0.3) is 5.60 Å². The molecule has 0 aliphatic carbocycles. The van der Waals surface area contributed by atoms with Crippen molar-refractivity contribution in [2.75, 3.05) is 0 Å².